The second kappa shape index (κ2) is 7.46. The van der Waals surface area contributed by atoms with Gasteiger partial charge in [0.05, 0.1) is 31.2 Å². The summed E-state index contributed by atoms with van der Waals surface area (Å²) in [6, 6.07) is -1.06. The van der Waals surface area contributed by atoms with E-state index >= 15 is 0 Å². The second-order valence-corrected chi connectivity index (χ2v) is 7.78. The molecule has 2 aliphatic rings. The summed E-state index contributed by atoms with van der Waals surface area (Å²) in [5, 5.41) is 16.3. The summed E-state index contributed by atoms with van der Waals surface area (Å²) < 4.78 is 44.7. The number of urea groups is 1. The van der Waals surface area contributed by atoms with Crippen LogP contribution >= 0.6 is 0 Å². The lowest BCUT2D eigenvalue weighted by Crippen LogP contribution is -2.40. The van der Waals surface area contributed by atoms with Gasteiger partial charge in [-0.05, 0) is 29.6 Å². The van der Waals surface area contributed by atoms with E-state index in [2.05, 4.69) is 30.3 Å². The predicted octanol–water partition coefficient (Wildman–Crippen LogP) is 1.38. The molecular weight excluding hydrogens is 433 g/mol. The fourth-order valence-electron chi connectivity index (χ4n) is 3.50. The number of carbonyl (C=O) groups is 2. The number of rotatable bonds is 6. The summed E-state index contributed by atoms with van der Waals surface area (Å²) in [6.07, 6.45) is 0.463. The van der Waals surface area contributed by atoms with Crippen LogP contribution in [-0.4, -0.2) is 60.5 Å². The fourth-order valence-corrected chi connectivity index (χ4v) is 3.50. The van der Waals surface area contributed by atoms with E-state index in [1.54, 1.807) is 12.3 Å². The van der Waals surface area contributed by atoms with E-state index in [-0.39, 0.29) is 24.7 Å². The lowest BCUT2D eigenvalue weighted by Gasteiger charge is -2.15. The van der Waals surface area contributed by atoms with Gasteiger partial charge in [0.15, 0.2) is 11.3 Å². The van der Waals surface area contributed by atoms with Crippen molar-refractivity contribution in [2.24, 2.45) is 0 Å². The first-order valence-electron chi connectivity index (χ1n) is 9.84. The third kappa shape index (κ3) is 3.94. The molecule has 1 aliphatic carbocycles. The first-order chi connectivity index (χ1) is 15.3. The number of amides is 3. The molecule has 168 valence electrons. The Morgan fingerprint density at radius 2 is 2.12 bits per heavy atom. The molecule has 0 radical (unpaired) electrons. The van der Waals surface area contributed by atoms with E-state index in [1.807, 2.05) is 5.32 Å². The molecule has 14 heteroatoms. The van der Waals surface area contributed by atoms with Crippen LogP contribution in [0.25, 0.3) is 5.65 Å². The van der Waals surface area contributed by atoms with Gasteiger partial charge in [0.1, 0.15) is 11.7 Å². The maximum Gasteiger partial charge on any atom is 0.410 e. The Morgan fingerprint density at radius 3 is 2.84 bits per heavy atom. The largest absolute Gasteiger partial charge is 0.410 e. The Kier molecular flexibility index (Phi) is 4.71. The van der Waals surface area contributed by atoms with E-state index in [9.17, 15) is 22.8 Å². The Balaban J connectivity index is 1.24. The quantitative estimate of drug-likeness (QED) is 0.580. The van der Waals surface area contributed by atoms with Gasteiger partial charge in [-0.2, -0.15) is 18.3 Å². The molecule has 0 aromatic carbocycles. The highest BCUT2D eigenvalue weighted by molar-refractivity contribution is 5.93. The number of fused-ring (bicyclic) bond motifs is 1. The van der Waals surface area contributed by atoms with Crippen LogP contribution in [0.5, 0.6) is 0 Å². The monoisotopic (exact) mass is 450 g/mol. The zero-order chi connectivity index (χ0) is 22.5. The van der Waals surface area contributed by atoms with Crippen molar-refractivity contribution in [2.75, 3.05) is 6.54 Å². The van der Waals surface area contributed by atoms with Crippen molar-refractivity contribution in [3.8, 4) is 0 Å². The topological polar surface area (TPSA) is 131 Å². The zero-order valence-corrected chi connectivity index (χ0v) is 16.5. The highest BCUT2D eigenvalue weighted by Gasteiger charge is 2.46. The Labute approximate surface area is 177 Å². The zero-order valence-electron chi connectivity index (χ0n) is 16.5. The molecular formula is C18H17F3N8O3. The third-order valence-electron chi connectivity index (χ3n) is 5.31. The smallest absolute Gasteiger partial charge is 0.345 e. The van der Waals surface area contributed by atoms with Crippen LogP contribution < -0.4 is 10.6 Å². The standard InChI is InChI=1S/C18H17F3N8O3/c19-18(20,21)12-8-28(17(31)25-12)6-9-3-13-24-11(7-29(13)23-4-9)5-22-16(30)15-14(10-1-2-10)26-32-27-15/h3-4,7,10,12H,1-2,5-6,8H2,(H,22,30)(H,25,31). The first-order valence-corrected chi connectivity index (χ1v) is 9.84. The summed E-state index contributed by atoms with van der Waals surface area (Å²) in [6.45, 7) is -0.404. The van der Waals surface area contributed by atoms with E-state index in [0.29, 0.717) is 22.6 Å². The third-order valence-corrected chi connectivity index (χ3v) is 5.31. The normalized spacial score (nSPS) is 18.9. The summed E-state index contributed by atoms with van der Waals surface area (Å²) >= 11 is 0. The van der Waals surface area contributed by atoms with Crippen molar-refractivity contribution in [1.29, 1.82) is 0 Å². The lowest BCUT2D eigenvalue weighted by atomic mass is 10.2. The number of nitrogens with one attached hydrogen (secondary N) is 2. The molecule has 3 amide bonds. The number of alkyl halides is 3. The molecule has 1 saturated carbocycles. The number of imidazole rings is 1. The van der Waals surface area contributed by atoms with Crippen molar-refractivity contribution in [3.63, 3.8) is 0 Å². The Bertz CT molecular complexity index is 1190. The van der Waals surface area contributed by atoms with Gasteiger partial charge in [0.25, 0.3) is 5.91 Å². The van der Waals surface area contributed by atoms with E-state index in [1.165, 1.54) is 10.7 Å². The number of carbonyl (C=O) groups excluding carboxylic acids is 2. The SMILES string of the molecule is O=C(NCc1cn2ncc(CN3CC(C(F)(F)F)NC3=O)cc2n1)c1nonc1C1CC1. The number of halogens is 3. The molecule has 1 saturated heterocycles. The van der Waals surface area contributed by atoms with Crippen LogP contribution in [0.1, 0.15) is 46.2 Å². The molecule has 4 heterocycles. The Morgan fingerprint density at radius 1 is 1.31 bits per heavy atom. The molecule has 1 unspecified atom stereocenters. The molecule has 2 N–H and O–H groups in total. The molecule has 3 aromatic rings. The molecule has 2 fully saturated rings. The Hall–Kier alpha value is -3.71. The molecule has 5 rings (SSSR count). The summed E-state index contributed by atoms with van der Waals surface area (Å²) in [7, 11) is 0. The number of hydrogen-bond acceptors (Lipinski definition) is 7. The molecule has 1 aliphatic heterocycles. The summed E-state index contributed by atoms with van der Waals surface area (Å²) in [4.78, 5) is 29.7. The fraction of sp³-hybridized carbons (Fsp3) is 0.444. The maximum atomic E-state index is 12.8. The molecule has 11 nitrogen and oxygen atoms in total. The minimum absolute atomic E-state index is 0.0378. The number of aromatic nitrogens is 5. The highest BCUT2D eigenvalue weighted by atomic mass is 19.4. The van der Waals surface area contributed by atoms with Gasteiger partial charge < -0.3 is 15.5 Å². The van der Waals surface area contributed by atoms with Crippen LogP contribution in [0.3, 0.4) is 0 Å². The van der Waals surface area contributed by atoms with Crippen LogP contribution in [0.15, 0.2) is 23.1 Å². The summed E-state index contributed by atoms with van der Waals surface area (Å²) in [5.74, 6) is -0.206. The number of hydrogen-bond donors (Lipinski definition) is 2. The molecule has 0 spiro atoms. The van der Waals surface area contributed by atoms with Crippen LogP contribution in [-0.2, 0) is 13.1 Å². The molecule has 1 atom stereocenters. The average molecular weight is 450 g/mol. The van der Waals surface area contributed by atoms with Gasteiger partial charge in [-0.1, -0.05) is 5.16 Å². The highest BCUT2D eigenvalue weighted by Crippen LogP contribution is 2.40. The second-order valence-electron chi connectivity index (χ2n) is 7.78. The van der Waals surface area contributed by atoms with Crippen molar-refractivity contribution in [1.82, 2.24) is 40.4 Å². The predicted molar refractivity (Wildman–Crippen MR) is 99.2 cm³/mol. The van der Waals surface area contributed by atoms with Gasteiger partial charge in [0, 0.05) is 12.5 Å². The van der Waals surface area contributed by atoms with E-state index in [4.69, 9.17) is 0 Å². The van der Waals surface area contributed by atoms with E-state index in [0.717, 1.165) is 17.7 Å². The molecule has 32 heavy (non-hydrogen) atoms. The average Bonchev–Trinajstić information content (AvgIpc) is 3.15. The molecule has 3 aromatic heterocycles. The maximum absolute atomic E-state index is 12.8. The van der Waals surface area contributed by atoms with Gasteiger partial charge in [-0.25, -0.2) is 18.9 Å². The van der Waals surface area contributed by atoms with Gasteiger partial charge >= 0.3 is 12.2 Å². The minimum atomic E-state index is -4.50. The first kappa shape index (κ1) is 20.2. The lowest BCUT2D eigenvalue weighted by molar-refractivity contribution is -0.149. The van der Waals surface area contributed by atoms with Crippen molar-refractivity contribution in [2.45, 2.75) is 44.1 Å². The van der Waals surface area contributed by atoms with Crippen molar-refractivity contribution in [3.05, 3.63) is 41.1 Å². The van der Waals surface area contributed by atoms with Crippen molar-refractivity contribution < 1.29 is 27.4 Å². The minimum Gasteiger partial charge on any atom is -0.345 e. The van der Waals surface area contributed by atoms with Crippen LogP contribution in [0.2, 0.25) is 0 Å². The van der Waals surface area contributed by atoms with Gasteiger partial charge in [-0.15, -0.1) is 0 Å². The number of nitrogens with zero attached hydrogens (tertiary/aromatic N) is 6. The van der Waals surface area contributed by atoms with Crippen LogP contribution in [0, 0.1) is 0 Å². The van der Waals surface area contributed by atoms with Gasteiger partial charge in [-0.3, -0.25) is 4.79 Å². The van der Waals surface area contributed by atoms with Gasteiger partial charge in [0.2, 0.25) is 0 Å². The molecule has 0 bridgehead atoms. The van der Waals surface area contributed by atoms with E-state index < -0.39 is 30.7 Å². The van der Waals surface area contributed by atoms with Crippen LogP contribution in [0.4, 0.5) is 18.0 Å². The summed E-state index contributed by atoms with van der Waals surface area (Å²) in [5.41, 5.74) is 2.20. The van der Waals surface area contributed by atoms with Crippen molar-refractivity contribution >= 4 is 17.6 Å².